The first-order valence-corrected chi connectivity index (χ1v) is 9.78. The number of hydrogen-bond donors (Lipinski definition) is 1. The van der Waals surface area contributed by atoms with Crippen LogP contribution in [0, 0.1) is 5.92 Å². The summed E-state index contributed by atoms with van der Waals surface area (Å²) in [5.74, 6) is 0.136. The molecule has 0 fully saturated rings. The largest absolute Gasteiger partial charge is 0.416 e. The van der Waals surface area contributed by atoms with E-state index in [0.717, 1.165) is 0 Å². The van der Waals surface area contributed by atoms with Crippen molar-refractivity contribution in [2.75, 3.05) is 6.61 Å². The first-order chi connectivity index (χ1) is 8.70. The minimum atomic E-state index is -1.78. The molecule has 0 rings (SSSR count). The summed E-state index contributed by atoms with van der Waals surface area (Å²) in [4.78, 5) is 0. The van der Waals surface area contributed by atoms with Gasteiger partial charge in [-0.05, 0) is 29.0 Å². The van der Waals surface area contributed by atoms with E-state index in [0.29, 0.717) is 29.7 Å². The van der Waals surface area contributed by atoms with Crippen molar-refractivity contribution in [3.05, 3.63) is 12.7 Å². The van der Waals surface area contributed by atoms with E-state index in [9.17, 15) is 5.11 Å². The van der Waals surface area contributed by atoms with Crippen LogP contribution in [-0.2, 0) is 4.43 Å². The first-order valence-electron chi connectivity index (χ1n) is 7.64. The SMILES string of the molecule is C=C[C@@H](C)[C@@H](O)CCO[Si](C(C)C)(C(C)C)C(C)C. The van der Waals surface area contributed by atoms with E-state index >= 15 is 0 Å². The maximum atomic E-state index is 9.99. The Balaban J connectivity index is 4.64. The van der Waals surface area contributed by atoms with Gasteiger partial charge in [-0.15, -0.1) is 6.58 Å². The normalized spacial score (nSPS) is 16.2. The second kappa shape index (κ2) is 8.23. The van der Waals surface area contributed by atoms with E-state index in [4.69, 9.17) is 4.43 Å². The first kappa shape index (κ1) is 18.9. The molecule has 0 saturated carbocycles. The van der Waals surface area contributed by atoms with Gasteiger partial charge in [0.25, 0.3) is 0 Å². The lowest BCUT2D eigenvalue weighted by molar-refractivity contribution is 0.104. The summed E-state index contributed by atoms with van der Waals surface area (Å²) in [5.41, 5.74) is 1.80. The van der Waals surface area contributed by atoms with Crippen molar-refractivity contribution in [1.29, 1.82) is 0 Å². The summed E-state index contributed by atoms with van der Waals surface area (Å²) in [7, 11) is -1.78. The summed E-state index contributed by atoms with van der Waals surface area (Å²) < 4.78 is 6.42. The fraction of sp³-hybridized carbons (Fsp3) is 0.875. The van der Waals surface area contributed by atoms with Crippen molar-refractivity contribution in [3.8, 4) is 0 Å². The molecule has 2 nitrogen and oxygen atoms in total. The fourth-order valence-corrected chi connectivity index (χ4v) is 8.75. The summed E-state index contributed by atoms with van der Waals surface area (Å²) in [5, 5.41) is 9.99. The highest BCUT2D eigenvalue weighted by Gasteiger charge is 2.44. The molecule has 1 N–H and O–H groups in total. The number of aliphatic hydroxyl groups excluding tert-OH is 1. The van der Waals surface area contributed by atoms with Crippen LogP contribution >= 0.6 is 0 Å². The van der Waals surface area contributed by atoms with Crippen LogP contribution in [0.25, 0.3) is 0 Å². The Hall–Kier alpha value is -0.123. The zero-order chi connectivity index (χ0) is 15.2. The predicted molar refractivity (Wildman–Crippen MR) is 87.0 cm³/mol. The molecule has 0 aromatic rings. The second-order valence-electron chi connectivity index (χ2n) is 6.62. The molecule has 2 atom stereocenters. The third kappa shape index (κ3) is 4.73. The van der Waals surface area contributed by atoms with Gasteiger partial charge in [-0.2, -0.15) is 0 Å². The monoisotopic (exact) mass is 286 g/mol. The predicted octanol–water partition coefficient (Wildman–Crippen LogP) is 4.75. The summed E-state index contributed by atoms with van der Waals surface area (Å²) in [6.07, 6.45) is 2.17. The molecule has 0 heterocycles. The molecular weight excluding hydrogens is 252 g/mol. The van der Waals surface area contributed by atoms with Crippen LogP contribution in [-0.4, -0.2) is 26.1 Å². The van der Waals surface area contributed by atoms with Crippen LogP contribution in [0.2, 0.25) is 16.6 Å². The molecule has 19 heavy (non-hydrogen) atoms. The van der Waals surface area contributed by atoms with E-state index in [2.05, 4.69) is 48.1 Å². The van der Waals surface area contributed by atoms with Gasteiger partial charge in [-0.25, -0.2) is 0 Å². The van der Waals surface area contributed by atoms with Gasteiger partial charge in [0, 0.05) is 6.61 Å². The van der Waals surface area contributed by atoms with Gasteiger partial charge >= 0.3 is 0 Å². The maximum Gasteiger partial charge on any atom is 0.200 e. The van der Waals surface area contributed by atoms with Crippen molar-refractivity contribution < 1.29 is 9.53 Å². The molecule has 114 valence electrons. The molecule has 0 bridgehead atoms. The maximum absolute atomic E-state index is 9.99. The molecule has 0 radical (unpaired) electrons. The van der Waals surface area contributed by atoms with Gasteiger partial charge in [0.1, 0.15) is 0 Å². The average Bonchev–Trinajstić information content (AvgIpc) is 2.31. The van der Waals surface area contributed by atoms with Crippen molar-refractivity contribution in [2.24, 2.45) is 5.92 Å². The molecule has 0 aliphatic carbocycles. The van der Waals surface area contributed by atoms with Gasteiger partial charge in [-0.3, -0.25) is 0 Å². The van der Waals surface area contributed by atoms with Crippen LogP contribution < -0.4 is 0 Å². The van der Waals surface area contributed by atoms with E-state index in [-0.39, 0.29) is 12.0 Å². The van der Waals surface area contributed by atoms with Gasteiger partial charge in [0.2, 0.25) is 0 Å². The molecule has 0 saturated heterocycles. The Labute approximate surface area is 121 Å². The van der Waals surface area contributed by atoms with E-state index in [1.807, 2.05) is 13.0 Å². The van der Waals surface area contributed by atoms with Gasteiger partial charge in [0.05, 0.1) is 6.10 Å². The standard InChI is InChI=1S/C16H34O2Si/c1-9-15(8)16(17)10-11-18-19(12(2)3,13(4)5)14(6)7/h9,12-17H,1,10-11H2,2-8H3/t15-,16+/m1/s1. The lowest BCUT2D eigenvalue weighted by Crippen LogP contribution is -2.48. The van der Waals surface area contributed by atoms with Gasteiger partial charge in [0.15, 0.2) is 8.32 Å². The molecule has 0 aliphatic rings. The fourth-order valence-electron chi connectivity index (χ4n) is 3.28. The van der Waals surface area contributed by atoms with Crippen LogP contribution in [0.4, 0.5) is 0 Å². The number of hydrogen-bond acceptors (Lipinski definition) is 2. The summed E-state index contributed by atoms with van der Waals surface area (Å²) >= 11 is 0. The third-order valence-electron chi connectivity index (χ3n) is 4.45. The molecule has 0 aromatic carbocycles. The highest BCUT2D eigenvalue weighted by Crippen LogP contribution is 2.42. The molecule has 0 aromatic heterocycles. The Morgan fingerprint density at radius 2 is 1.42 bits per heavy atom. The van der Waals surface area contributed by atoms with Gasteiger partial charge < -0.3 is 9.53 Å². The van der Waals surface area contributed by atoms with Crippen LogP contribution in [0.15, 0.2) is 12.7 Å². The minimum absolute atomic E-state index is 0.136. The lowest BCUT2D eigenvalue weighted by atomic mass is 10.0. The highest BCUT2D eigenvalue weighted by molar-refractivity contribution is 6.77. The van der Waals surface area contributed by atoms with E-state index in [1.165, 1.54) is 0 Å². The third-order valence-corrected chi connectivity index (χ3v) is 10.6. The second-order valence-corrected chi connectivity index (χ2v) is 12.1. The Bertz CT molecular complexity index is 240. The molecule has 0 aliphatic heterocycles. The Morgan fingerprint density at radius 3 is 1.74 bits per heavy atom. The number of rotatable bonds is 9. The Kier molecular flexibility index (Phi) is 8.17. The quantitative estimate of drug-likeness (QED) is 0.489. The van der Waals surface area contributed by atoms with Crippen molar-refractivity contribution in [2.45, 2.75) is 77.6 Å². The zero-order valence-electron chi connectivity index (χ0n) is 13.9. The zero-order valence-corrected chi connectivity index (χ0v) is 14.9. The summed E-state index contributed by atoms with van der Waals surface area (Å²) in [6.45, 7) is 20.1. The van der Waals surface area contributed by atoms with Crippen LogP contribution in [0.1, 0.15) is 54.9 Å². The van der Waals surface area contributed by atoms with Crippen LogP contribution in [0.3, 0.4) is 0 Å². The van der Waals surface area contributed by atoms with Crippen LogP contribution in [0.5, 0.6) is 0 Å². The molecule has 3 heteroatoms. The molecule has 0 spiro atoms. The highest BCUT2D eigenvalue weighted by atomic mass is 28.4. The van der Waals surface area contributed by atoms with Crippen molar-refractivity contribution in [3.63, 3.8) is 0 Å². The number of aliphatic hydroxyl groups is 1. The molecule has 0 amide bonds. The smallest absolute Gasteiger partial charge is 0.200 e. The summed E-state index contributed by atoms with van der Waals surface area (Å²) in [6, 6.07) is 0. The Morgan fingerprint density at radius 1 is 1.00 bits per heavy atom. The average molecular weight is 287 g/mol. The van der Waals surface area contributed by atoms with Gasteiger partial charge in [-0.1, -0.05) is 54.5 Å². The van der Waals surface area contributed by atoms with E-state index < -0.39 is 8.32 Å². The van der Waals surface area contributed by atoms with Crippen molar-refractivity contribution in [1.82, 2.24) is 0 Å². The minimum Gasteiger partial charge on any atom is -0.416 e. The van der Waals surface area contributed by atoms with Crippen molar-refractivity contribution >= 4 is 8.32 Å². The topological polar surface area (TPSA) is 29.5 Å². The molecule has 0 unspecified atom stereocenters. The molecular formula is C16H34O2Si. The lowest BCUT2D eigenvalue weighted by Gasteiger charge is -2.42. The van der Waals surface area contributed by atoms with E-state index in [1.54, 1.807) is 0 Å².